The van der Waals surface area contributed by atoms with Gasteiger partial charge in [0, 0.05) is 9.35 Å². The van der Waals surface area contributed by atoms with Gasteiger partial charge in [0.2, 0.25) is 0 Å². The standard InChI is InChI=1S/C12H16Br2S/c1-8-2-4-9(5-3-8)11(14)12-10(13)6-7-15-12/h6-9,11H,2-5H2,1H3. The molecule has 0 amide bonds. The topological polar surface area (TPSA) is 0 Å². The van der Waals surface area contributed by atoms with Crippen molar-refractivity contribution in [3.63, 3.8) is 0 Å². The van der Waals surface area contributed by atoms with Gasteiger partial charge in [-0.2, -0.15) is 0 Å². The summed E-state index contributed by atoms with van der Waals surface area (Å²) in [6.07, 6.45) is 5.55. The van der Waals surface area contributed by atoms with Crippen molar-refractivity contribution in [1.29, 1.82) is 0 Å². The second-order valence-electron chi connectivity index (χ2n) is 4.55. The van der Waals surface area contributed by atoms with E-state index < -0.39 is 0 Å². The van der Waals surface area contributed by atoms with Crippen LogP contribution in [0.25, 0.3) is 0 Å². The SMILES string of the molecule is CC1CCC(C(Br)c2sccc2Br)CC1. The molecule has 1 heterocycles. The summed E-state index contributed by atoms with van der Waals surface area (Å²) in [6.45, 7) is 2.38. The minimum absolute atomic E-state index is 0.555. The highest BCUT2D eigenvalue weighted by Crippen LogP contribution is 2.45. The molecule has 0 bridgehead atoms. The lowest BCUT2D eigenvalue weighted by atomic mass is 9.81. The molecule has 1 aromatic rings. The molecule has 1 aliphatic carbocycles. The minimum Gasteiger partial charge on any atom is -0.147 e. The van der Waals surface area contributed by atoms with E-state index in [9.17, 15) is 0 Å². The molecule has 1 unspecified atom stereocenters. The molecule has 3 heteroatoms. The predicted octanol–water partition coefficient (Wildman–Crippen LogP) is 5.77. The van der Waals surface area contributed by atoms with Crippen molar-refractivity contribution in [2.24, 2.45) is 11.8 Å². The second kappa shape index (κ2) is 5.33. The van der Waals surface area contributed by atoms with E-state index in [-0.39, 0.29) is 0 Å². The average Bonchev–Trinajstić information content (AvgIpc) is 2.65. The summed E-state index contributed by atoms with van der Waals surface area (Å²) in [5.41, 5.74) is 0. The molecule has 0 N–H and O–H groups in total. The Kier molecular flexibility index (Phi) is 4.31. The van der Waals surface area contributed by atoms with Gasteiger partial charge in [0.1, 0.15) is 0 Å². The Morgan fingerprint density at radius 2 is 2.00 bits per heavy atom. The molecule has 0 saturated heterocycles. The molecular formula is C12H16Br2S. The van der Waals surface area contributed by atoms with Crippen molar-refractivity contribution < 1.29 is 0 Å². The highest BCUT2D eigenvalue weighted by molar-refractivity contribution is 9.11. The molecule has 0 spiro atoms. The number of hydrogen-bond donors (Lipinski definition) is 0. The fourth-order valence-electron chi connectivity index (χ4n) is 2.29. The van der Waals surface area contributed by atoms with Crippen LogP contribution >= 0.6 is 43.2 Å². The van der Waals surface area contributed by atoms with Gasteiger partial charge < -0.3 is 0 Å². The average molecular weight is 352 g/mol. The number of rotatable bonds is 2. The van der Waals surface area contributed by atoms with E-state index >= 15 is 0 Å². The molecular weight excluding hydrogens is 336 g/mol. The summed E-state index contributed by atoms with van der Waals surface area (Å²) < 4.78 is 1.27. The van der Waals surface area contributed by atoms with E-state index in [1.807, 2.05) is 11.3 Å². The Balaban J connectivity index is 2.02. The molecule has 84 valence electrons. The lowest BCUT2D eigenvalue weighted by molar-refractivity contribution is 0.288. The van der Waals surface area contributed by atoms with Crippen LogP contribution in [-0.2, 0) is 0 Å². The van der Waals surface area contributed by atoms with Crippen LogP contribution in [0.15, 0.2) is 15.9 Å². The fraction of sp³-hybridized carbons (Fsp3) is 0.667. The maximum atomic E-state index is 3.88. The first-order valence-electron chi connectivity index (χ1n) is 5.55. The Labute approximate surface area is 113 Å². The summed E-state index contributed by atoms with van der Waals surface area (Å²) >= 11 is 9.36. The first-order chi connectivity index (χ1) is 7.18. The summed E-state index contributed by atoms with van der Waals surface area (Å²) in [6, 6.07) is 2.15. The Morgan fingerprint density at radius 1 is 1.33 bits per heavy atom. The normalized spacial score (nSPS) is 29.0. The first-order valence-corrected chi connectivity index (χ1v) is 8.14. The number of halogens is 2. The molecule has 1 aliphatic rings. The van der Waals surface area contributed by atoms with Crippen molar-refractivity contribution >= 4 is 43.2 Å². The molecule has 0 aliphatic heterocycles. The van der Waals surface area contributed by atoms with Crippen LogP contribution in [0.3, 0.4) is 0 Å². The zero-order valence-corrected chi connectivity index (χ0v) is 12.9. The van der Waals surface area contributed by atoms with Gasteiger partial charge in [0.25, 0.3) is 0 Å². The maximum Gasteiger partial charge on any atom is 0.0528 e. The molecule has 15 heavy (non-hydrogen) atoms. The molecule has 0 aromatic carbocycles. The van der Waals surface area contributed by atoms with Gasteiger partial charge in [-0.1, -0.05) is 35.7 Å². The number of hydrogen-bond acceptors (Lipinski definition) is 1. The fourth-order valence-corrected chi connectivity index (χ4v) is 5.39. The third-order valence-corrected chi connectivity index (χ3v) is 6.83. The molecule has 0 radical (unpaired) electrons. The Morgan fingerprint density at radius 3 is 2.53 bits per heavy atom. The predicted molar refractivity (Wildman–Crippen MR) is 74.8 cm³/mol. The third-order valence-electron chi connectivity index (χ3n) is 3.37. The monoisotopic (exact) mass is 350 g/mol. The lowest BCUT2D eigenvalue weighted by Gasteiger charge is -2.29. The molecule has 1 aromatic heterocycles. The van der Waals surface area contributed by atoms with Gasteiger partial charge in [0.05, 0.1) is 4.83 Å². The smallest absolute Gasteiger partial charge is 0.0528 e. The number of thiophene rings is 1. The van der Waals surface area contributed by atoms with Gasteiger partial charge in [-0.05, 0) is 52.1 Å². The van der Waals surface area contributed by atoms with E-state index in [0.29, 0.717) is 4.83 Å². The van der Waals surface area contributed by atoms with Gasteiger partial charge in [-0.25, -0.2) is 0 Å². The van der Waals surface area contributed by atoms with Gasteiger partial charge in [-0.3, -0.25) is 0 Å². The highest BCUT2D eigenvalue weighted by atomic mass is 79.9. The van der Waals surface area contributed by atoms with Crippen LogP contribution in [0.4, 0.5) is 0 Å². The minimum atomic E-state index is 0.555. The van der Waals surface area contributed by atoms with Crippen molar-refractivity contribution in [2.75, 3.05) is 0 Å². The molecule has 2 rings (SSSR count). The quantitative estimate of drug-likeness (QED) is 0.593. The van der Waals surface area contributed by atoms with E-state index in [4.69, 9.17) is 0 Å². The lowest BCUT2D eigenvalue weighted by Crippen LogP contribution is -2.15. The van der Waals surface area contributed by atoms with Crippen LogP contribution in [0.5, 0.6) is 0 Å². The first kappa shape index (κ1) is 12.1. The van der Waals surface area contributed by atoms with Crippen molar-refractivity contribution in [2.45, 2.75) is 37.4 Å². The Bertz CT molecular complexity index is 313. The molecule has 1 saturated carbocycles. The maximum absolute atomic E-state index is 3.88. The van der Waals surface area contributed by atoms with Gasteiger partial charge >= 0.3 is 0 Å². The van der Waals surface area contributed by atoms with Crippen molar-refractivity contribution in [1.82, 2.24) is 0 Å². The number of alkyl halides is 1. The largest absolute Gasteiger partial charge is 0.147 e. The van der Waals surface area contributed by atoms with Crippen molar-refractivity contribution in [3.8, 4) is 0 Å². The second-order valence-corrected chi connectivity index (χ2v) is 7.34. The van der Waals surface area contributed by atoms with E-state index in [1.165, 1.54) is 35.0 Å². The zero-order chi connectivity index (χ0) is 10.8. The van der Waals surface area contributed by atoms with Crippen LogP contribution in [0, 0.1) is 11.8 Å². The van der Waals surface area contributed by atoms with Gasteiger partial charge in [0.15, 0.2) is 0 Å². The van der Waals surface area contributed by atoms with Crippen LogP contribution in [-0.4, -0.2) is 0 Å². The van der Waals surface area contributed by atoms with Crippen LogP contribution in [0.2, 0.25) is 0 Å². The van der Waals surface area contributed by atoms with E-state index in [1.54, 1.807) is 0 Å². The molecule has 1 fully saturated rings. The Hall–Kier alpha value is 0.660. The van der Waals surface area contributed by atoms with E-state index in [2.05, 4.69) is 50.2 Å². The van der Waals surface area contributed by atoms with E-state index in [0.717, 1.165) is 11.8 Å². The van der Waals surface area contributed by atoms with Gasteiger partial charge in [-0.15, -0.1) is 11.3 Å². The molecule has 0 nitrogen and oxygen atoms in total. The summed E-state index contributed by atoms with van der Waals surface area (Å²) in [7, 11) is 0. The summed E-state index contributed by atoms with van der Waals surface area (Å²) in [5.74, 6) is 1.77. The zero-order valence-electron chi connectivity index (χ0n) is 8.88. The highest BCUT2D eigenvalue weighted by Gasteiger charge is 2.27. The summed E-state index contributed by atoms with van der Waals surface area (Å²) in [4.78, 5) is 2.02. The summed E-state index contributed by atoms with van der Waals surface area (Å²) in [5, 5.41) is 2.17. The van der Waals surface area contributed by atoms with Crippen LogP contribution in [0.1, 0.15) is 42.3 Å². The third kappa shape index (κ3) is 2.86. The van der Waals surface area contributed by atoms with Crippen LogP contribution < -0.4 is 0 Å². The molecule has 1 atom stereocenters. The van der Waals surface area contributed by atoms with Crippen molar-refractivity contribution in [3.05, 3.63) is 20.8 Å².